The summed E-state index contributed by atoms with van der Waals surface area (Å²) in [7, 11) is -3.40. The number of aryl methyl sites for hydroxylation is 2. The van der Waals surface area contributed by atoms with Gasteiger partial charge in [-0.25, -0.2) is 8.42 Å². The Bertz CT molecular complexity index is 1640. The van der Waals surface area contributed by atoms with Gasteiger partial charge in [0.2, 0.25) is 10.0 Å². The number of nitrogens with zero attached hydrogens (tertiary/aromatic N) is 3. The van der Waals surface area contributed by atoms with Crippen LogP contribution in [0.5, 0.6) is 0 Å². The molecule has 2 aromatic heterocycles. The molecule has 38 heavy (non-hydrogen) atoms. The van der Waals surface area contributed by atoms with Crippen LogP contribution >= 0.6 is 28.1 Å². The van der Waals surface area contributed by atoms with Crippen molar-refractivity contribution in [3.8, 4) is 5.69 Å². The predicted molar refractivity (Wildman–Crippen MR) is 161 cm³/mol. The van der Waals surface area contributed by atoms with Gasteiger partial charge in [0, 0.05) is 27.7 Å². The summed E-state index contributed by atoms with van der Waals surface area (Å²) in [4.78, 5) is 6.77. The molecule has 2 atom stereocenters. The van der Waals surface area contributed by atoms with Crippen molar-refractivity contribution in [2.75, 3.05) is 15.9 Å². The highest BCUT2D eigenvalue weighted by molar-refractivity contribution is 9.10. The number of halogens is 1. The molecule has 3 heterocycles. The minimum Gasteiger partial charge on any atom is -0.351 e. The normalized spacial score (nSPS) is 17.5. The van der Waals surface area contributed by atoms with E-state index in [9.17, 15) is 8.42 Å². The van der Waals surface area contributed by atoms with Crippen molar-refractivity contribution < 1.29 is 8.42 Å². The third kappa shape index (κ3) is 4.95. The fourth-order valence-electron chi connectivity index (χ4n) is 5.15. The Morgan fingerprint density at radius 2 is 1.76 bits per heavy atom. The van der Waals surface area contributed by atoms with Crippen LogP contribution in [-0.2, 0) is 10.0 Å². The van der Waals surface area contributed by atoms with Gasteiger partial charge in [0.25, 0.3) is 0 Å². The predicted octanol–water partition coefficient (Wildman–Crippen LogP) is 6.11. The van der Waals surface area contributed by atoms with Crippen molar-refractivity contribution in [1.29, 1.82) is 0 Å². The molecule has 1 aliphatic rings. The molecule has 10 heteroatoms. The SMILES string of the molecule is Cc1cc(N2C(=S)N[C@H](c3ccccn3)[C@H]2c2cc(C)n(-c3ccccc3Br)c2C)ccc1NS(C)(=O)=O. The first-order valence-electron chi connectivity index (χ1n) is 12.1. The zero-order valence-electron chi connectivity index (χ0n) is 21.4. The van der Waals surface area contributed by atoms with Crippen LogP contribution in [0.3, 0.4) is 0 Å². The lowest BCUT2D eigenvalue weighted by atomic mass is 9.96. The van der Waals surface area contributed by atoms with Gasteiger partial charge in [-0.2, -0.15) is 0 Å². The van der Waals surface area contributed by atoms with Crippen LogP contribution in [0.1, 0.15) is 40.3 Å². The Balaban J connectivity index is 1.66. The lowest BCUT2D eigenvalue weighted by Gasteiger charge is -2.29. The van der Waals surface area contributed by atoms with E-state index < -0.39 is 10.0 Å². The summed E-state index contributed by atoms with van der Waals surface area (Å²) in [6, 6.07) is 21.5. The molecule has 7 nitrogen and oxygen atoms in total. The van der Waals surface area contributed by atoms with Gasteiger partial charge >= 0.3 is 0 Å². The first kappa shape index (κ1) is 26.4. The number of benzene rings is 2. The molecule has 0 amide bonds. The highest BCUT2D eigenvalue weighted by Crippen LogP contribution is 2.44. The molecule has 0 unspecified atom stereocenters. The van der Waals surface area contributed by atoms with Crippen LogP contribution in [0, 0.1) is 20.8 Å². The quantitative estimate of drug-likeness (QED) is 0.257. The van der Waals surface area contributed by atoms with Crippen LogP contribution in [0.25, 0.3) is 5.69 Å². The third-order valence-corrected chi connectivity index (χ3v) is 8.34. The van der Waals surface area contributed by atoms with E-state index >= 15 is 0 Å². The van der Waals surface area contributed by atoms with Gasteiger partial charge in [0.1, 0.15) is 0 Å². The van der Waals surface area contributed by atoms with Crippen molar-refractivity contribution in [2.24, 2.45) is 0 Å². The van der Waals surface area contributed by atoms with Gasteiger partial charge in [-0.3, -0.25) is 9.71 Å². The monoisotopic (exact) mass is 609 g/mol. The second-order valence-corrected chi connectivity index (χ2v) is 12.5. The lowest BCUT2D eigenvalue weighted by Crippen LogP contribution is -2.29. The van der Waals surface area contributed by atoms with Gasteiger partial charge in [-0.1, -0.05) is 18.2 Å². The minimum atomic E-state index is -3.40. The van der Waals surface area contributed by atoms with Gasteiger partial charge in [0.15, 0.2) is 5.11 Å². The van der Waals surface area contributed by atoms with Crippen molar-refractivity contribution in [3.63, 3.8) is 0 Å². The molecule has 0 spiro atoms. The van der Waals surface area contributed by atoms with Crippen LogP contribution in [0.2, 0.25) is 0 Å². The molecule has 1 fully saturated rings. The van der Waals surface area contributed by atoms with Crippen LogP contribution in [-0.4, -0.2) is 29.3 Å². The summed E-state index contributed by atoms with van der Waals surface area (Å²) in [5.74, 6) is 0. The Morgan fingerprint density at radius 1 is 1.03 bits per heavy atom. The molecule has 4 aromatic rings. The topological polar surface area (TPSA) is 79.3 Å². The first-order chi connectivity index (χ1) is 18.0. The average Bonchev–Trinajstić information content (AvgIpc) is 3.36. The van der Waals surface area contributed by atoms with Gasteiger partial charge in [-0.05, 0) is 109 Å². The number of nitrogens with one attached hydrogen (secondary N) is 2. The molecule has 5 rings (SSSR count). The maximum Gasteiger partial charge on any atom is 0.229 e. The molecule has 1 saturated heterocycles. The van der Waals surface area contributed by atoms with Crippen LogP contribution < -0.4 is 14.9 Å². The number of anilines is 2. The number of aromatic nitrogens is 2. The average molecular weight is 611 g/mol. The van der Waals surface area contributed by atoms with E-state index in [0.717, 1.165) is 50.3 Å². The van der Waals surface area contributed by atoms with E-state index in [4.69, 9.17) is 12.2 Å². The highest BCUT2D eigenvalue weighted by Gasteiger charge is 2.42. The molecular formula is C28H28BrN5O2S2. The molecule has 2 aromatic carbocycles. The number of para-hydroxylation sites is 1. The van der Waals surface area contributed by atoms with E-state index in [-0.39, 0.29) is 12.1 Å². The second kappa shape index (κ2) is 10.2. The maximum atomic E-state index is 11.8. The lowest BCUT2D eigenvalue weighted by molar-refractivity contribution is 0.565. The Kier molecular flexibility index (Phi) is 7.06. The second-order valence-electron chi connectivity index (χ2n) is 9.48. The smallest absolute Gasteiger partial charge is 0.229 e. The number of thiocarbonyl (C=S) groups is 1. The molecule has 0 radical (unpaired) electrons. The molecule has 0 bridgehead atoms. The van der Waals surface area contributed by atoms with Crippen molar-refractivity contribution in [1.82, 2.24) is 14.9 Å². The van der Waals surface area contributed by atoms with Crippen molar-refractivity contribution in [3.05, 3.63) is 106 Å². The standard InChI is InChI=1S/C28H28BrN5O2S2/c1-17-15-20(12-13-23(17)32-38(4,35)36)34-27(26(31-28(34)37)24-10-7-8-14-30-24)21-16-18(2)33(19(21)3)25-11-6-5-9-22(25)29/h5-16,26-27,32H,1-4H3,(H,31,37)/t26-,27-/m1/s1. The minimum absolute atomic E-state index is 0.187. The molecule has 196 valence electrons. The van der Waals surface area contributed by atoms with Crippen LogP contribution in [0.15, 0.2) is 77.4 Å². The van der Waals surface area contributed by atoms with Gasteiger partial charge < -0.3 is 14.8 Å². The summed E-state index contributed by atoms with van der Waals surface area (Å²) in [6.45, 7) is 6.11. The van der Waals surface area contributed by atoms with Crippen LogP contribution in [0.4, 0.5) is 11.4 Å². The van der Waals surface area contributed by atoms with E-state index in [1.165, 1.54) is 0 Å². The van der Waals surface area contributed by atoms with Gasteiger partial charge in [-0.15, -0.1) is 0 Å². The summed E-state index contributed by atoms with van der Waals surface area (Å²) in [6.07, 6.45) is 2.94. The van der Waals surface area contributed by atoms with Crippen molar-refractivity contribution in [2.45, 2.75) is 32.9 Å². The van der Waals surface area contributed by atoms with E-state index in [1.807, 2.05) is 55.5 Å². The summed E-state index contributed by atoms with van der Waals surface area (Å²) >= 11 is 9.61. The van der Waals surface area contributed by atoms with E-state index in [1.54, 1.807) is 12.3 Å². The fourth-order valence-corrected chi connectivity index (χ4v) is 6.59. The Labute approximate surface area is 237 Å². The van der Waals surface area contributed by atoms with Crippen molar-refractivity contribution >= 4 is 54.7 Å². The molecule has 0 saturated carbocycles. The molecular weight excluding hydrogens is 582 g/mol. The molecule has 0 aliphatic carbocycles. The van der Waals surface area contributed by atoms with E-state index in [0.29, 0.717) is 10.8 Å². The number of sulfonamides is 1. The third-order valence-electron chi connectivity index (χ3n) is 6.76. The number of hydrogen-bond acceptors (Lipinski definition) is 4. The Morgan fingerprint density at radius 3 is 2.42 bits per heavy atom. The summed E-state index contributed by atoms with van der Waals surface area (Å²) < 4.78 is 29.5. The van der Waals surface area contributed by atoms with E-state index in [2.05, 4.69) is 66.4 Å². The zero-order valence-corrected chi connectivity index (χ0v) is 24.7. The molecule has 2 N–H and O–H groups in total. The fraction of sp³-hybridized carbons (Fsp3) is 0.214. The Hall–Kier alpha value is -3.21. The van der Waals surface area contributed by atoms with Gasteiger partial charge in [0.05, 0.1) is 35.4 Å². The zero-order chi connectivity index (χ0) is 27.2. The number of pyridine rings is 1. The molecule has 1 aliphatic heterocycles. The maximum absolute atomic E-state index is 11.8. The summed E-state index contributed by atoms with van der Waals surface area (Å²) in [5.41, 5.74) is 7.49. The highest BCUT2D eigenvalue weighted by atomic mass is 79.9. The number of hydrogen-bond donors (Lipinski definition) is 2. The first-order valence-corrected chi connectivity index (χ1v) is 15.2. The number of rotatable bonds is 6. The summed E-state index contributed by atoms with van der Waals surface area (Å²) in [5, 5.41) is 4.09. The largest absolute Gasteiger partial charge is 0.351 e.